The fourth-order valence-electron chi connectivity index (χ4n) is 13.8. The number of pyridine rings is 1. The van der Waals surface area contributed by atoms with Crippen LogP contribution in [0, 0.1) is 57.6 Å². The summed E-state index contributed by atoms with van der Waals surface area (Å²) in [4.78, 5) is 57.8. The van der Waals surface area contributed by atoms with E-state index in [1.807, 2.05) is 18.7 Å². The Kier molecular flexibility index (Phi) is 9.20. The molecule has 0 radical (unpaired) electrons. The first-order chi connectivity index (χ1) is 25.8. The molecule has 5 aliphatic carbocycles. The van der Waals surface area contributed by atoms with Crippen molar-refractivity contribution in [3.05, 3.63) is 56.9 Å². The van der Waals surface area contributed by atoms with Crippen molar-refractivity contribution in [1.82, 2.24) is 14.3 Å². The summed E-state index contributed by atoms with van der Waals surface area (Å²) in [7, 11) is 1.87. The summed E-state index contributed by atoms with van der Waals surface area (Å²) in [6, 6.07) is 2.83. The first-order valence-corrected chi connectivity index (χ1v) is 20.8. The molecule has 0 spiro atoms. The largest absolute Gasteiger partial charge is 0.481 e. The third kappa shape index (κ3) is 5.16. The fraction of sp³-hybridized carbons (Fsp3) is 0.711. The number of rotatable bonds is 7. The Bertz CT molecular complexity index is 2100. The molecule has 10 nitrogen and oxygen atoms in total. The van der Waals surface area contributed by atoms with Crippen LogP contribution in [0.4, 0.5) is 4.39 Å². The van der Waals surface area contributed by atoms with Gasteiger partial charge in [0, 0.05) is 35.4 Å². The number of esters is 1. The topological polar surface area (TPSA) is 147 Å². The summed E-state index contributed by atoms with van der Waals surface area (Å²) in [5, 5.41) is 9.65. The van der Waals surface area contributed by atoms with Crippen molar-refractivity contribution in [2.45, 2.75) is 151 Å². The van der Waals surface area contributed by atoms with Crippen molar-refractivity contribution < 1.29 is 28.6 Å². The number of nitrogens with two attached hydrogens (primary N) is 1. The van der Waals surface area contributed by atoms with Gasteiger partial charge in [-0.05, 0) is 129 Å². The summed E-state index contributed by atoms with van der Waals surface area (Å²) in [6.45, 7) is 20.8. The lowest BCUT2D eigenvalue weighted by Crippen LogP contribution is -2.77. The van der Waals surface area contributed by atoms with E-state index in [0.29, 0.717) is 24.2 Å². The number of Topliss-reactive ketones (excluding diaryl/α,β-unsaturated/α-hetero) is 1. The van der Waals surface area contributed by atoms with Crippen LogP contribution in [-0.2, 0) is 31.6 Å². The smallest absolute Gasteiger partial charge is 0.309 e. The number of hydrogen-bond acceptors (Lipinski definition) is 7. The Labute approximate surface area is 330 Å². The lowest BCUT2D eigenvalue weighted by atomic mass is 9.31. The molecule has 0 aliphatic heterocycles. The van der Waals surface area contributed by atoms with Gasteiger partial charge in [-0.1, -0.05) is 48.5 Å². The van der Waals surface area contributed by atoms with E-state index in [9.17, 15) is 28.7 Å². The lowest BCUT2D eigenvalue weighted by Gasteiger charge is -2.75. The van der Waals surface area contributed by atoms with E-state index in [0.717, 1.165) is 62.4 Å². The van der Waals surface area contributed by atoms with E-state index in [1.54, 1.807) is 13.8 Å². The maximum Gasteiger partial charge on any atom is 0.309 e. The number of carbonyl (C=O) groups is 3. The Balaban J connectivity index is 1.27. The second kappa shape index (κ2) is 12.7. The highest BCUT2D eigenvalue weighted by molar-refractivity contribution is 6.02. The van der Waals surface area contributed by atoms with Crippen molar-refractivity contribution in [3.8, 4) is 5.82 Å². The molecule has 3 N–H and O–H groups in total. The highest BCUT2D eigenvalue weighted by Gasteiger charge is 2.74. The van der Waals surface area contributed by atoms with Gasteiger partial charge in [-0.3, -0.25) is 23.9 Å². The molecule has 4 saturated carbocycles. The zero-order valence-corrected chi connectivity index (χ0v) is 35.4. The van der Waals surface area contributed by atoms with Crippen LogP contribution in [0.2, 0.25) is 0 Å². The number of allylic oxidation sites excluding steroid dienone is 2. The van der Waals surface area contributed by atoms with Crippen LogP contribution < -0.4 is 11.3 Å². The third-order valence-corrected chi connectivity index (χ3v) is 17.2. The summed E-state index contributed by atoms with van der Waals surface area (Å²) in [6.07, 6.45) is 7.37. The van der Waals surface area contributed by atoms with Crippen LogP contribution in [0.3, 0.4) is 0 Å². The second-order valence-electron chi connectivity index (χ2n) is 20.6. The van der Waals surface area contributed by atoms with Crippen LogP contribution in [0.15, 0.2) is 34.3 Å². The van der Waals surface area contributed by atoms with Crippen LogP contribution in [0.1, 0.15) is 138 Å². The predicted molar refractivity (Wildman–Crippen MR) is 212 cm³/mol. The predicted octanol–water partition coefficient (Wildman–Crippen LogP) is 7.74. The molecule has 8 atom stereocenters. The first-order valence-electron chi connectivity index (χ1n) is 20.8. The van der Waals surface area contributed by atoms with Crippen molar-refractivity contribution in [2.75, 3.05) is 0 Å². The molecule has 5 aliphatic rings. The Hall–Kier alpha value is -3.60. The van der Waals surface area contributed by atoms with Gasteiger partial charge in [0.25, 0.3) is 5.56 Å². The minimum atomic E-state index is -1.23. The molecular formula is C45H63FN4O6. The summed E-state index contributed by atoms with van der Waals surface area (Å²) in [5.74, 6) is -1.07. The Morgan fingerprint density at radius 2 is 1.66 bits per heavy atom. The number of carboxylic acid groups (broad SMARTS) is 1. The van der Waals surface area contributed by atoms with E-state index in [1.165, 1.54) is 22.4 Å². The molecule has 306 valence electrons. The number of hydrogen-bond donors (Lipinski definition) is 2. The maximum atomic E-state index is 14.4. The molecule has 2 aromatic rings. The number of aliphatic carboxylic acids is 1. The van der Waals surface area contributed by atoms with Crippen LogP contribution >= 0.6 is 0 Å². The average molecular weight is 775 g/mol. The number of aromatic nitrogens is 3. The maximum absolute atomic E-state index is 14.4. The molecule has 0 bridgehead atoms. The third-order valence-electron chi connectivity index (χ3n) is 17.2. The molecule has 11 heteroatoms. The molecule has 7 rings (SSSR count). The fourth-order valence-corrected chi connectivity index (χ4v) is 13.8. The summed E-state index contributed by atoms with van der Waals surface area (Å²) < 4.78 is 23.5. The monoisotopic (exact) mass is 774 g/mol. The Morgan fingerprint density at radius 3 is 2.27 bits per heavy atom. The van der Waals surface area contributed by atoms with Crippen LogP contribution in [-0.4, -0.2) is 48.8 Å². The van der Waals surface area contributed by atoms with Gasteiger partial charge in [0.05, 0.1) is 23.7 Å². The van der Waals surface area contributed by atoms with Gasteiger partial charge >= 0.3 is 11.9 Å². The lowest BCUT2D eigenvalue weighted by molar-refractivity contribution is -0.241. The van der Waals surface area contributed by atoms with Crippen molar-refractivity contribution in [3.63, 3.8) is 0 Å². The second-order valence-corrected chi connectivity index (χ2v) is 20.6. The number of ether oxygens (including phenoxy) is 1. The van der Waals surface area contributed by atoms with E-state index in [4.69, 9.17) is 10.5 Å². The molecule has 4 fully saturated rings. The van der Waals surface area contributed by atoms with Gasteiger partial charge in [0.2, 0.25) is 0 Å². The Morgan fingerprint density at radius 1 is 1.00 bits per heavy atom. The average Bonchev–Trinajstić information content (AvgIpc) is 3.53. The summed E-state index contributed by atoms with van der Waals surface area (Å²) >= 11 is 0. The molecule has 0 saturated heterocycles. The zero-order valence-electron chi connectivity index (χ0n) is 35.4. The zero-order chi connectivity index (χ0) is 41.3. The van der Waals surface area contributed by atoms with Crippen molar-refractivity contribution in [1.29, 1.82) is 0 Å². The van der Waals surface area contributed by atoms with Gasteiger partial charge in [-0.15, -0.1) is 0 Å². The number of ketones is 1. The van der Waals surface area contributed by atoms with Gasteiger partial charge in [0.1, 0.15) is 11.9 Å². The highest BCUT2D eigenvalue weighted by Crippen LogP contribution is 2.77. The standard InChI is InChI=1S/C45H63FN4O6/c1-25(2)34-29(51)22-44(36-26(3)37(53)50(49(36)11)32-15-12-27(46)24-48-32)20-18-41(8)28(35(34)44)13-14-30-42(41,9)19-21-45(47)40(6,7)31(16-17-43(30,45)10)56-33(52)23-39(4,5)38(54)55/h12,15,24-25,28,30-31H,13-14,16-23,47H2,1-11H3,(H,54,55)/t28-,30+,31+,41-,42-,43-,44-,45-/m1/s1. The SMILES string of the molecule is Cc1c([C@@]23CC[C@]4(C)[C@H](CC[C@@H]5[C@@]6(C)CC[C@H](OC(=O)CC(C)(C)C(=O)O)C(C)(C)[C@]6(N)CC[C@]54C)C2=C(C(C)C)C(=O)C3)n(C)n(-c2ccc(F)cn2)c1=O. The minimum absolute atomic E-state index is 0.0193. The molecule has 2 aromatic heterocycles. The van der Waals surface area contributed by atoms with Crippen LogP contribution in [0.5, 0.6) is 0 Å². The van der Waals surface area contributed by atoms with E-state index < -0.39 is 45.6 Å². The molecular weight excluding hydrogens is 712 g/mol. The number of halogens is 1. The van der Waals surface area contributed by atoms with E-state index in [2.05, 4.69) is 53.5 Å². The van der Waals surface area contributed by atoms with E-state index in [-0.39, 0.29) is 51.8 Å². The molecule has 0 unspecified atom stereocenters. The van der Waals surface area contributed by atoms with Gasteiger partial charge in [-0.25, -0.2) is 9.37 Å². The minimum Gasteiger partial charge on any atom is -0.481 e. The van der Waals surface area contributed by atoms with Gasteiger partial charge < -0.3 is 15.6 Å². The van der Waals surface area contributed by atoms with Gasteiger partial charge in [-0.2, -0.15) is 4.68 Å². The highest BCUT2D eigenvalue weighted by atomic mass is 19.1. The van der Waals surface area contributed by atoms with E-state index >= 15 is 0 Å². The number of carboxylic acids is 1. The number of nitrogens with zero attached hydrogens (tertiary/aromatic N) is 3. The molecule has 0 aromatic carbocycles. The quantitative estimate of drug-likeness (QED) is 0.272. The number of fused-ring (bicyclic) bond motifs is 7. The van der Waals surface area contributed by atoms with Crippen molar-refractivity contribution >= 4 is 17.7 Å². The molecule has 56 heavy (non-hydrogen) atoms. The van der Waals surface area contributed by atoms with Gasteiger partial charge in [0.15, 0.2) is 11.6 Å². The summed E-state index contributed by atoms with van der Waals surface area (Å²) in [5.41, 5.74) is 7.55. The molecule has 2 heterocycles. The van der Waals surface area contributed by atoms with Crippen molar-refractivity contribution in [2.24, 2.45) is 57.6 Å². The first kappa shape index (κ1) is 40.6. The number of carbonyl (C=O) groups excluding carboxylic acids is 2. The van der Waals surface area contributed by atoms with Crippen LogP contribution in [0.25, 0.3) is 5.82 Å². The normalized spacial score (nSPS) is 36.5. The molecule has 0 amide bonds.